The lowest BCUT2D eigenvalue weighted by molar-refractivity contribution is -0.385. The molecule has 0 aromatic heterocycles. The van der Waals surface area contributed by atoms with E-state index in [1.807, 2.05) is 0 Å². The molecule has 1 heterocycles. The standard InChI is InChI=1S/C14H19N3O4/c1-9-3-4-11(7-12(9)17(19)20)10(2)16-14(18)13-8-15-5-6-21-13/h3-4,7,10,13,15H,5-6,8H2,1-2H3,(H,16,18). The summed E-state index contributed by atoms with van der Waals surface area (Å²) in [5.41, 5.74) is 1.36. The second kappa shape index (κ2) is 6.64. The SMILES string of the molecule is Cc1ccc(C(C)NC(=O)C2CNCCO2)cc1[N+](=O)[O-]. The third-order valence-electron chi connectivity index (χ3n) is 3.51. The van der Waals surface area contributed by atoms with Gasteiger partial charge < -0.3 is 15.4 Å². The van der Waals surface area contributed by atoms with Crippen molar-refractivity contribution < 1.29 is 14.5 Å². The Morgan fingerprint density at radius 2 is 2.33 bits per heavy atom. The summed E-state index contributed by atoms with van der Waals surface area (Å²) in [4.78, 5) is 22.6. The molecular weight excluding hydrogens is 274 g/mol. The molecule has 1 aromatic rings. The van der Waals surface area contributed by atoms with Gasteiger partial charge in [0.1, 0.15) is 6.10 Å². The molecule has 7 nitrogen and oxygen atoms in total. The van der Waals surface area contributed by atoms with E-state index in [4.69, 9.17) is 4.74 Å². The normalized spacial score (nSPS) is 19.8. The highest BCUT2D eigenvalue weighted by molar-refractivity contribution is 5.81. The Morgan fingerprint density at radius 3 is 2.95 bits per heavy atom. The molecule has 1 aliphatic heterocycles. The fraction of sp³-hybridized carbons (Fsp3) is 0.500. The predicted molar refractivity (Wildman–Crippen MR) is 77.0 cm³/mol. The van der Waals surface area contributed by atoms with Gasteiger partial charge in [-0.2, -0.15) is 0 Å². The second-order valence-electron chi connectivity index (χ2n) is 5.10. The fourth-order valence-corrected chi connectivity index (χ4v) is 2.22. The lowest BCUT2D eigenvalue weighted by Gasteiger charge is -2.24. The minimum Gasteiger partial charge on any atom is -0.366 e. The van der Waals surface area contributed by atoms with E-state index in [1.54, 1.807) is 26.0 Å². The lowest BCUT2D eigenvalue weighted by Crippen LogP contribution is -2.48. The van der Waals surface area contributed by atoms with Crippen LogP contribution in [0.1, 0.15) is 24.1 Å². The first-order valence-electron chi connectivity index (χ1n) is 6.86. The van der Waals surface area contributed by atoms with Gasteiger partial charge in [0.2, 0.25) is 0 Å². The molecule has 2 N–H and O–H groups in total. The van der Waals surface area contributed by atoms with E-state index in [0.29, 0.717) is 24.3 Å². The number of carbonyl (C=O) groups is 1. The van der Waals surface area contributed by atoms with Crippen molar-refractivity contribution >= 4 is 11.6 Å². The zero-order valence-electron chi connectivity index (χ0n) is 12.1. The third-order valence-corrected chi connectivity index (χ3v) is 3.51. The second-order valence-corrected chi connectivity index (χ2v) is 5.10. The van der Waals surface area contributed by atoms with Crippen LogP contribution in [0.5, 0.6) is 0 Å². The molecule has 1 fully saturated rings. The maximum atomic E-state index is 12.1. The summed E-state index contributed by atoms with van der Waals surface area (Å²) in [5, 5.41) is 16.9. The number of hydrogen-bond donors (Lipinski definition) is 2. The Labute approximate surface area is 122 Å². The zero-order valence-corrected chi connectivity index (χ0v) is 12.1. The van der Waals surface area contributed by atoms with Gasteiger partial charge in [-0.25, -0.2) is 0 Å². The summed E-state index contributed by atoms with van der Waals surface area (Å²) in [5.74, 6) is -0.210. The van der Waals surface area contributed by atoms with Crippen molar-refractivity contribution in [1.82, 2.24) is 10.6 Å². The van der Waals surface area contributed by atoms with E-state index in [2.05, 4.69) is 10.6 Å². The quantitative estimate of drug-likeness (QED) is 0.639. The minimum atomic E-state index is -0.512. The van der Waals surface area contributed by atoms with Crippen LogP contribution >= 0.6 is 0 Å². The number of ether oxygens (including phenoxy) is 1. The summed E-state index contributed by atoms with van der Waals surface area (Å²) in [7, 11) is 0. The number of nitrogens with zero attached hydrogens (tertiary/aromatic N) is 1. The monoisotopic (exact) mass is 293 g/mol. The first-order chi connectivity index (χ1) is 9.99. The number of nitro groups is 1. The largest absolute Gasteiger partial charge is 0.366 e. The number of rotatable bonds is 4. The molecule has 1 amide bonds. The summed E-state index contributed by atoms with van der Waals surface area (Å²) >= 11 is 0. The topological polar surface area (TPSA) is 93.5 Å². The summed E-state index contributed by atoms with van der Waals surface area (Å²) < 4.78 is 5.37. The van der Waals surface area contributed by atoms with Gasteiger partial charge in [0.15, 0.2) is 0 Å². The van der Waals surface area contributed by atoms with Crippen LogP contribution in [0.3, 0.4) is 0 Å². The van der Waals surface area contributed by atoms with Crippen LogP contribution in [0.2, 0.25) is 0 Å². The number of morpholine rings is 1. The Morgan fingerprint density at radius 1 is 1.57 bits per heavy atom. The Kier molecular flexibility index (Phi) is 4.87. The number of benzene rings is 1. The molecule has 2 unspecified atom stereocenters. The van der Waals surface area contributed by atoms with Crippen molar-refractivity contribution in [2.45, 2.75) is 26.0 Å². The molecule has 2 atom stereocenters. The average Bonchev–Trinajstić information content (AvgIpc) is 2.48. The van der Waals surface area contributed by atoms with Crippen molar-refractivity contribution in [3.05, 3.63) is 39.4 Å². The predicted octanol–water partition coefficient (Wildman–Crippen LogP) is 1.07. The first-order valence-corrected chi connectivity index (χ1v) is 6.86. The molecule has 0 saturated carbocycles. The van der Waals surface area contributed by atoms with Gasteiger partial charge in [-0.15, -0.1) is 0 Å². The van der Waals surface area contributed by atoms with Crippen LogP contribution in [-0.2, 0) is 9.53 Å². The van der Waals surface area contributed by atoms with Crippen molar-refractivity contribution in [3.8, 4) is 0 Å². The zero-order chi connectivity index (χ0) is 15.4. The lowest BCUT2D eigenvalue weighted by atomic mass is 10.0. The van der Waals surface area contributed by atoms with E-state index in [1.165, 1.54) is 6.07 Å². The number of nitrogens with one attached hydrogen (secondary N) is 2. The Balaban J connectivity index is 2.05. The highest BCUT2D eigenvalue weighted by Gasteiger charge is 2.24. The highest BCUT2D eigenvalue weighted by Crippen LogP contribution is 2.23. The van der Waals surface area contributed by atoms with Crippen molar-refractivity contribution in [1.29, 1.82) is 0 Å². The number of carbonyl (C=O) groups excluding carboxylic acids is 1. The third kappa shape index (κ3) is 3.77. The molecule has 114 valence electrons. The number of nitro benzene ring substituents is 1. The van der Waals surface area contributed by atoms with Gasteiger partial charge in [-0.05, 0) is 19.4 Å². The van der Waals surface area contributed by atoms with E-state index in [0.717, 1.165) is 6.54 Å². The van der Waals surface area contributed by atoms with Crippen molar-refractivity contribution in [3.63, 3.8) is 0 Å². The van der Waals surface area contributed by atoms with Crippen LogP contribution < -0.4 is 10.6 Å². The molecular formula is C14H19N3O4. The van der Waals surface area contributed by atoms with Crippen LogP contribution in [0, 0.1) is 17.0 Å². The van der Waals surface area contributed by atoms with Crippen molar-refractivity contribution in [2.75, 3.05) is 19.7 Å². The molecule has 0 spiro atoms. The summed E-state index contributed by atoms with van der Waals surface area (Å²) in [6.07, 6.45) is -0.512. The maximum absolute atomic E-state index is 12.1. The summed E-state index contributed by atoms with van der Waals surface area (Å²) in [6.45, 7) is 5.20. The van der Waals surface area contributed by atoms with Gasteiger partial charge in [-0.1, -0.05) is 12.1 Å². The molecule has 0 aliphatic carbocycles. The van der Waals surface area contributed by atoms with Crippen LogP contribution in [0.4, 0.5) is 5.69 Å². The van der Waals surface area contributed by atoms with Crippen LogP contribution in [-0.4, -0.2) is 36.6 Å². The molecule has 2 rings (SSSR count). The fourth-order valence-electron chi connectivity index (χ4n) is 2.22. The van der Waals surface area contributed by atoms with Gasteiger partial charge in [-0.3, -0.25) is 14.9 Å². The van der Waals surface area contributed by atoms with Crippen LogP contribution in [0.25, 0.3) is 0 Å². The molecule has 0 radical (unpaired) electrons. The van der Waals surface area contributed by atoms with E-state index < -0.39 is 11.0 Å². The number of hydrogen-bond acceptors (Lipinski definition) is 5. The number of amides is 1. The minimum absolute atomic E-state index is 0.0594. The number of aryl methyl sites for hydroxylation is 1. The first kappa shape index (κ1) is 15.4. The van der Waals surface area contributed by atoms with Crippen molar-refractivity contribution in [2.24, 2.45) is 0 Å². The molecule has 21 heavy (non-hydrogen) atoms. The van der Waals surface area contributed by atoms with Crippen LogP contribution in [0.15, 0.2) is 18.2 Å². The van der Waals surface area contributed by atoms with Gasteiger partial charge in [0, 0.05) is 24.7 Å². The average molecular weight is 293 g/mol. The molecule has 1 aliphatic rings. The molecule has 7 heteroatoms. The Hall–Kier alpha value is -1.99. The summed E-state index contributed by atoms with van der Waals surface area (Å²) in [6, 6.07) is 4.66. The molecule has 0 bridgehead atoms. The molecule has 1 saturated heterocycles. The van der Waals surface area contributed by atoms with E-state index in [-0.39, 0.29) is 17.6 Å². The van der Waals surface area contributed by atoms with E-state index in [9.17, 15) is 14.9 Å². The highest BCUT2D eigenvalue weighted by atomic mass is 16.6. The van der Waals surface area contributed by atoms with E-state index >= 15 is 0 Å². The maximum Gasteiger partial charge on any atom is 0.272 e. The molecule has 1 aromatic carbocycles. The smallest absolute Gasteiger partial charge is 0.272 e. The van der Waals surface area contributed by atoms with Gasteiger partial charge in [0.05, 0.1) is 17.6 Å². The Bertz CT molecular complexity index is 541. The van der Waals surface area contributed by atoms with Gasteiger partial charge >= 0.3 is 0 Å². The van der Waals surface area contributed by atoms with Gasteiger partial charge in [0.25, 0.3) is 11.6 Å².